The van der Waals surface area contributed by atoms with Gasteiger partial charge in [0.15, 0.2) is 0 Å². The molecule has 1 aromatic carbocycles. The lowest BCUT2D eigenvalue weighted by Crippen LogP contribution is -2.23. The predicted molar refractivity (Wildman–Crippen MR) is 96.6 cm³/mol. The second kappa shape index (κ2) is 6.18. The molecule has 1 nitrogen and oxygen atoms in total. The van der Waals surface area contributed by atoms with Crippen molar-refractivity contribution in [1.82, 2.24) is 0 Å². The third kappa shape index (κ3) is 4.97. The van der Waals surface area contributed by atoms with Crippen molar-refractivity contribution < 1.29 is 4.79 Å². The minimum absolute atomic E-state index is 0.118. The van der Waals surface area contributed by atoms with Crippen molar-refractivity contribution >= 4 is 5.78 Å². The quantitative estimate of drug-likeness (QED) is 0.686. The zero-order valence-electron chi connectivity index (χ0n) is 16.1. The molecule has 0 unspecified atom stereocenters. The van der Waals surface area contributed by atoms with Gasteiger partial charge in [0, 0.05) is 11.8 Å². The van der Waals surface area contributed by atoms with Gasteiger partial charge in [-0.1, -0.05) is 80.5 Å². The Bertz CT molecular complexity index is 530. The first-order valence-corrected chi connectivity index (χ1v) is 8.40. The molecule has 0 saturated heterocycles. The van der Waals surface area contributed by atoms with Crippen LogP contribution in [0.4, 0.5) is 0 Å². The van der Waals surface area contributed by atoms with Gasteiger partial charge in [-0.05, 0) is 33.9 Å². The summed E-state index contributed by atoms with van der Waals surface area (Å²) in [5, 5.41) is 0. The highest BCUT2D eigenvalue weighted by Crippen LogP contribution is 2.34. The van der Waals surface area contributed by atoms with Crippen LogP contribution >= 0.6 is 0 Å². The lowest BCUT2D eigenvalue weighted by molar-refractivity contribution is -0.126. The second-order valence-electron chi connectivity index (χ2n) is 9.55. The summed E-state index contributed by atoms with van der Waals surface area (Å²) in [5.74, 6) is 0.338. The topological polar surface area (TPSA) is 17.1 Å². The van der Waals surface area contributed by atoms with Crippen LogP contribution in [0.3, 0.4) is 0 Å². The van der Waals surface area contributed by atoms with Crippen molar-refractivity contribution in [3.8, 4) is 0 Å². The highest BCUT2D eigenvalue weighted by Gasteiger charge is 2.25. The van der Waals surface area contributed by atoms with E-state index < -0.39 is 0 Å². The third-order valence-corrected chi connectivity index (χ3v) is 4.18. The number of aryl methyl sites for hydroxylation is 1. The number of ketones is 1. The average molecular weight is 303 g/mol. The highest BCUT2D eigenvalue weighted by atomic mass is 16.1. The van der Waals surface area contributed by atoms with Crippen molar-refractivity contribution in [3.63, 3.8) is 0 Å². The Hall–Kier alpha value is -1.11. The van der Waals surface area contributed by atoms with Crippen molar-refractivity contribution in [2.24, 2.45) is 5.41 Å². The fourth-order valence-electron chi connectivity index (χ4n) is 2.65. The normalized spacial score (nSPS) is 13.3. The molecule has 0 aliphatic carbocycles. The molecule has 0 amide bonds. The summed E-state index contributed by atoms with van der Waals surface area (Å²) in [6, 6.07) is 6.78. The smallest absolute Gasteiger partial charge is 0.138 e. The molecule has 0 heterocycles. The van der Waals surface area contributed by atoms with Gasteiger partial charge < -0.3 is 0 Å². The van der Waals surface area contributed by atoms with E-state index in [2.05, 4.69) is 59.7 Å². The molecule has 0 N–H and O–H groups in total. The van der Waals surface area contributed by atoms with Crippen LogP contribution in [0.25, 0.3) is 0 Å². The van der Waals surface area contributed by atoms with Gasteiger partial charge in [-0.15, -0.1) is 0 Å². The molecule has 1 rings (SSSR count). The van der Waals surface area contributed by atoms with E-state index in [1.54, 1.807) is 0 Å². The molecular formula is C21H34O. The maximum absolute atomic E-state index is 12.1. The number of benzene rings is 1. The van der Waals surface area contributed by atoms with E-state index in [9.17, 15) is 4.79 Å². The summed E-state index contributed by atoms with van der Waals surface area (Å²) in [4.78, 5) is 12.1. The summed E-state index contributed by atoms with van der Waals surface area (Å²) in [5.41, 5.74) is 4.11. The van der Waals surface area contributed by atoms with Gasteiger partial charge in [-0.2, -0.15) is 0 Å². The van der Waals surface area contributed by atoms with Crippen molar-refractivity contribution in [2.75, 3.05) is 0 Å². The first kappa shape index (κ1) is 18.9. The van der Waals surface area contributed by atoms with E-state index in [1.165, 1.54) is 16.7 Å². The molecule has 0 aromatic heterocycles. The molecule has 0 spiro atoms. The largest absolute Gasteiger partial charge is 0.299 e. The maximum atomic E-state index is 12.1. The molecule has 22 heavy (non-hydrogen) atoms. The lowest BCUT2D eigenvalue weighted by Gasteiger charge is -2.30. The summed E-state index contributed by atoms with van der Waals surface area (Å²) in [6.45, 7) is 19.6. The number of hydrogen-bond acceptors (Lipinski definition) is 1. The minimum atomic E-state index is -0.238. The van der Waals surface area contributed by atoms with Gasteiger partial charge >= 0.3 is 0 Å². The van der Waals surface area contributed by atoms with E-state index in [4.69, 9.17) is 0 Å². The number of rotatable bonds is 3. The van der Waals surface area contributed by atoms with Crippen LogP contribution in [0.1, 0.15) is 85.4 Å². The van der Waals surface area contributed by atoms with Gasteiger partial charge in [0.2, 0.25) is 0 Å². The summed E-state index contributed by atoms with van der Waals surface area (Å²) >= 11 is 0. The first-order valence-electron chi connectivity index (χ1n) is 8.40. The van der Waals surface area contributed by atoms with Gasteiger partial charge in [-0.3, -0.25) is 4.79 Å². The molecule has 0 atom stereocenters. The number of carbonyl (C=O) groups is 1. The monoisotopic (exact) mass is 302 g/mol. The summed E-state index contributed by atoms with van der Waals surface area (Å²) in [7, 11) is 0. The average Bonchev–Trinajstić information content (AvgIpc) is 2.32. The molecule has 0 aliphatic heterocycles. The van der Waals surface area contributed by atoms with Crippen molar-refractivity contribution in [2.45, 2.75) is 86.0 Å². The maximum Gasteiger partial charge on any atom is 0.138 e. The Morgan fingerprint density at radius 1 is 0.818 bits per heavy atom. The SMILES string of the molecule is CC(C)(C)C(=O)CCc1ccc(C(C)(C)C)c(C(C)(C)C)c1. The Morgan fingerprint density at radius 3 is 1.73 bits per heavy atom. The zero-order chi connectivity index (χ0) is 17.3. The van der Waals surface area contributed by atoms with Gasteiger partial charge in [-0.25, -0.2) is 0 Å². The van der Waals surface area contributed by atoms with Crippen LogP contribution < -0.4 is 0 Å². The molecule has 0 aliphatic rings. The Labute approximate surface area is 137 Å². The van der Waals surface area contributed by atoms with E-state index in [-0.39, 0.29) is 16.2 Å². The van der Waals surface area contributed by atoms with Crippen LogP contribution in [-0.2, 0) is 22.0 Å². The Morgan fingerprint density at radius 2 is 1.32 bits per heavy atom. The van der Waals surface area contributed by atoms with Crippen LogP contribution in [0.15, 0.2) is 18.2 Å². The van der Waals surface area contributed by atoms with Crippen LogP contribution in [-0.4, -0.2) is 5.78 Å². The van der Waals surface area contributed by atoms with Crippen LogP contribution in [0.2, 0.25) is 0 Å². The molecule has 0 fully saturated rings. The highest BCUT2D eigenvalue weighted by molar-refractivity contribution is 5.83. The second-order valence-corrected chi connectivity index (χ2v) is 9.55. The molecule has 1 aromatic rings. The Balaban J connectivity index is 3.09. The van der Waals surface area contributed by atoms with Crippen molar-refractivity contribution in [3.05, 3.63) is 34.9 Å². The fourth-order valence-corrected chi connectivity index (χ4v) is 2.65. The molecular weight excluding hydrogens is 268 g/mol. The third-order valence-electron chi connectivity index (χ3n) is 4.18. The molecule has 1 heteroatoms. The minimum Gasteiger partial charge on any atom is -0.299 e. The molecule has 0 saturated carbocycles. The van der Waals surface area contributed by atoms with E-state index in [0.717, 1.165) is 6.42 Å². The van der Waals surface area contributed by atoms with E-state index >= 15 is 0 Å². The number of hydrogen-bond donors (Lipinski definition) is 0. The summed E-state index contributed by atoms with van der Waals surface area (Å²) < 4.78 is 0. The number of carbonyl (C=O) groups excluding carboxylic acids is 1. The molecule has 0 radical (unpaired) electrons. The van der Waals surface area contributed by atoms with Gasteiger partial charge in [0.25, 0.3) is 0 Å². The molecule has 124 valence electrons. The first-order chi connectivity index (χ1) is 9.73. The van der Waals surface area contributed by atoms with E-state index in [0.29, 0.717) is 12.2 Å². The fraction of sp³-hybridized carbons (Fsp3) is 0.667. The van der Waals surface area contributed by atoms with Gasteiger partial charge in [0.1, 0.15) is 5.78 Å². The molecule has 0 bridgehead atoms. The standard InChI is InChI=1S/C21H34O/c1-19(2,3)16-12-10-15(14-17(16)20(4,5)6)11-13-18(22)21(7,8)9/h10,12,14H,11,13H2,1-9H3. The van der Waals surface area contributed by atoms with Crippen LogP contribution in [0, 0.1) is 5.41 Å². The predicted octanol–water partition coefficient (Wildman–Crippen LogP) is 5.83. The lowest BCUT2D eigenvalue weighted by atomic mass is 9.74. The van der Waals surface area contributed by atoms with Crippen LogP contribution in [0.5, 0.6) is 0 Å². The zero-order valence-corrected chi connectivity index (χ0v) is 16.1. The van der Waals surface area contributed by atoms with E-state index in [1.807, 2.05) is 20.8 Å². The number of Topliss-reactive ketones (excluding diaryl/α,β-unsaturated/α-hetero) is 1. The Kier molecular flexibility index (Phi) is 5.32. The van der Waals surface area contributed by atoms with Crippen molar-refractivity contribution in [1.29, 1.82) is 0 Å². The summed E-state index contributed by atoms with van der Waals surface area (Å²) in [6.07, 6.45) is 1.46. The van der Waals surface area contributed by atoms with Gasteiger partial charge in [0.05, 0.1) is 0 Å².